The molecular weight excluding hydrogens is 298 g/mol. The maximum Gasteiger partial charge on any atom is 0.323 e. The van der Waals surface area contributed by atoms with Crippen molar-refractivity contribution in [1.82, 2.24) is 9.13 Å². The Balaban J connectivity index is 2.67. The van der Waals surface area contributed by atoms with Crippen LogP contribution in [-0.2, 0) is 17.9 Å². The van der Waals surface area contributed by atoms with Gasteiger partial charge in [-0.05, 0) is 12.1 Å². The third-order valence-electron chi connectivity index (χ3n) is 2.70. The van der Waals surface area contributed by atoms with Gasteiger partial charge in [-0.25, -0.2) is 0 Å². The molecule has 0 fully saturated rings. The molecule has 0 saturated heterocycles. The van der Waals surface area contributed by atoms with Gasteiger partial charge in [-0.1, -0.05) is 35.0 Å². The van der Waals surface area contributed by atoms with Crippen LogP contribution < -0.4 is 5.62 Å². The van der Waals surface area contributed by atoms with Gasteiger partial charge in [0, 0.05) is 11.4 Å². The quantitative estimate of drug-likeness (QED) is 0.845. The first-order chi connectivity index (χ1) is 8.50. The van der Waals surface area contributed by atoms with Crippen LogP contribution in [0.15, 0.2) is 24.3 Å². The first kappa shape index (κ1) is 12.9. The Hall–Kier alpha value is -1.56. The van der Waals surface area contributed by atoms with Gasteiger partial charge in [0.25, 0.3) is 0 Å². The first-order valence-electron chi connectivity index (χ1n) is 5.59. The van der Waals surface area contributed by atoms with Gasteiger partial charge in [0.2, 0.25) is 5.62 Å². The van der Waals surface area contributed by atoms with E-state index in [1.165, 1.54) is 4.57 Å². The minimum Gasteiger partial charge on any atom is -0.480 e. The Morgan fingerprint density at radius 2 is 1.94 bits per heavy atom. The molecule has 96 valence electrons. The largest absolute Gasteiger partial charge is 0.480 e. The van der Waals surface area contributed by atoms with Crippen LogP contribution in [0.3, 0.4) is 0 Å². The molecule has 0 spiro atoms. The van der Waals surface area contributed by atoms with E-state index in [1.54, 1.807) is 0 Å². The van der Waals surface area contributed by atoms with Gasteiger partial charge < -0.3 is 9.67 Å². The van der Waals surface area contributed by atoms with Crippen molar-refractivity contribution in [2.45, 2.75) is 24.8 Å². The van der Waals surface area contributed by atoms with Crippen LogP contribution in [0.2, 0.25) is 0 Å². The molecule has 1 atom stereocenters. The van der Waals surface area contributed by atoms with Crippen LogP contribution in [0.5, 0.6) is 0 Å². The molecule has 0 aliphatic rings. The number of carboxylic acids is 1. The number of hydrogen-bond acceptors (Lipinski definition) is 2. The predicted molar refractivity (Wildman–Crippen MR) is 71.8 cm³/mol. The third-order valence-corrected chi connectivity index (χ3v) is 2.99. The van der Waals surface area contributed by atoms with Crippen molar-refractivity contribution in [1.29, 1.82) is 5.41 Å². The van der Waals surface area contributed by atoms with E-state index >= 15 is 0 Å². The van der Waals surface area contributed by atoms with E-state index < -0.39 is 5.97 Å². The van der Waals surface area contributed by atoms with Crippen LogP contribution in [0.4, 0.5) is 0 Å². The number of nitrogens with zero attached hydrogens (tertiary/aromatic N) is 2. The van der Waals surface area contributed by atoms with E-state index in [0.29, 0.717) is 6.54 Å². The van der Waals surface area contributed by atoms with Crippen molar-refractivity contribution in [2.24, 2.45) is 0 Å². The van der Waals surface area contributed by atoms with Crippen molar-refractivity contribution in [2.75, 3.05) is 0 Å². The molecule has 1 unspecified atom stereocenters. The number of benzene rings is 1. The van der Waals surface area contributed by atoms with Crippen molar-refractivity contribution >= 4 is 32.9 Å². The van der Waals surface area contributed by atoms with Gasteiger partial charge in [-0.15, -0.1) is 0 Å². The summed E-state index contributed by atoms with van der Waals surface area (Å²) in [7, 11) is 0. The molecule has 0 aliphatic heterocycles. The van der Waals surface area contributed by atoms with Gasteiger partial charge >= 0.3 is 5.97 Å². The Kier molecular flexibility index (Phi) is 3.56. The average Bonchev–Trinajstić information content (AvgIpc) is 2.54. The normalized spacial score (nSPS) is 12.8. The predicted octanol–water partition coefficient (Wildman–Crippen LogP) is 1.79. The van der Waals surface area contributed by atoms with Gasteiger partial charge in [-0.3, -0.25) is 14.8 Å². The fraction of sp³-hybridized carbons (Fsp3) is 0.333. The number of para-hydroxylation sites is 2. The molecule has 0 radical (unpaired) electrons. The monoisotopic (exact) mass is 311 g/mol. The molecule has 2 aromatic rings. The molecule has 1 heterocycles. The minimum absolute atomic E-state index is 0.191. The lowest BCUT2D eigenvalue weighted by atomic mass is 10.3. The molecule has 5 nitrogen and oxygen atoms in total. The first-order valence-corrected chi connectivity index (χ1v) is 6.51. The lowest BCUT2D eigenvalue weighted by molar-refractivity contribution is -0.137. The molecule has 0 bridgehead atoms. The summed E-state index contributed by atoms with van der Waals surface area (Å²) in [5.74, 6) is -0.941. The summed E-state index contributed by atoms with van der Waals surface area (Å²) in [6.07, 6.45) is 0. The summed E-state index contributed by atoms with van der Waals surface area (Å²) in [6, 6.07) is 7.48. The zero-order chi connectivity index (χ0) is 13.3. The SMILES string of the molecule is CC(Br)Cn1c(=N)n(CC(=O)O)c2ccccc21. The highest BCUT2D eigenvalue weighted by molar-refractivity contribution is 9.09. The maximum absolute atomic E-state index is 10.9. The van der Waals surface area contributed by atoms with Crippen LogP contribution in [-0.4, -0.2) is 25.0 Å². The Morgan fingerprint density at radius 3 is 2.44 bits per heavy atom. The zero-order valence-corrected chi connectivity index (χ0v) is 11.5. The highest BCUT2D eigenvalue weighted by Gasteiger charge is 2.13. The van der Waals surface area contributed by atoms with Crippen molar-refractivity contribution in [3.63, 3.8) is 0 Å². The van der Waals surface area contributed by atoms with Gasteiger partial charge in [0.15, 0.2) is 0 Å². The molecule has 2 N–H and O–H groups in total. The van der Waals surface area contributed by atoms with E-state index in [2.05, 4.69) is 15.9 Å². The second kappa shape index (κ2) is 4.97. The third kappa shape index (κ3) is 2.33. The Bertz CT molecular complexity index is 642. The fourth-order valence-electron chi connectivity index (χ4n) is 2.03. The molecule has 0 amide bonds. The lowest BCUT2D eigenvalue weighted by Crippen LogP contribution is -2.28. The molecular formula is C12H14BrN3O2. The fourth-order valence-corrected chi connectivity index (χ4v) is 2.32. The Morgan fingerprint density at radius 1 is 1.39 bits per heavy atom. The molecule has 18 heavy (non-hydrogen) atoms. The van der Waals surface area contributed by atoms with Gasteiger partial charge in [0.1, 0.15) is 6.54 Å². The van der Waals surface area contributed by atoms with E-state index in [4.69, 9.17) is 10.5 Å². The van der Waals surface area contributed by atoms with Crippen LogP contribution >= 0.6 is 15.9 Å². The van der Waals surface area contributed by atoms with Gasteiger partial charge in [-0.2, -0.15) is 0 Å². The number of hydrogen-bond donors (Lipinski definition) is 2. The molecule has 0 saturated carbocycles. The summed E-state index contributed by atoms with van der Waals surface area (Å²) in [6.45, 7) is 2.44. The van der Waals surface area contributed by atoms with E-state index in [9.17, 15) is 4.79 Å². The molecule has 0 aliphatic carbocycles. The zero-order valence-electron chi connectivity index (χ0n) is 9.93. The topological polar surface area (TPSA) is 71.0 Å². The van der Waals surface area contributed by atoms with Crippen LogP contribution in [0.1, 0.15) is 6.92 Å². The summed E-state index contributed by atoms with van der Waals surface area (Å²) in [4.78, 5) is 11.1. The van der Waals surface area contributed by atoms with Gasteiger partial charge in [0.05, 0.1) is 11.0 Å². The number of fused-ring (bicyclic) bond motifs is 1. The van der Waals surface area contributed by atoms with Crippen LogP contribution in [0, 0.1) is 5.41 Å². The average molecular weight is 312 g/mol. The number of rotatable bonds is 4. The number of aliphatic carboxylic acids is 1. The van der Waals surface area contributed by atoms with E-state index in [0.717, 1.165) is 11.0 Å². The number of halogens is 1. The highest BCUT2D eigenvalue weighted by Crippen LogP contribution is 2.14. The summed E-state index contributed by atoms with van der Waals surface area (Å²) >= 11 is 3.46. The second-order valence-electron chi connectivity index (χ2n) is 4.18. The number of alkyl halides is 1. The summed E-state index contributed by atoms with van der Waals surface area (Å²) in [5.41, 5.74) is 1.87. The minimum atomic E-state index is -0.941. The molecule has 1 aromatic carbocycles. The van der Waals surface area contributed by atoms with Crippen LogP contribution in [0.25, 0.3) is 11.0 Å². The molecule has 6 heteroatoms. The number of nitrogens with one attached hydrogen (secondary N) is 1. The lowest BCUT2D eigenvalue weighted by Gasteiger charge is -2.05. The van der Waals surface area contributed by atoms with E-state index in [-0.39, 0.29) is 17.0 Å². The highest BCUT2D eigenvalue weighted by atomic mass is 79.9. The number of carboxylic acid groups (broad SMARTS) is 1. The Labute approximate surface area is 112 Å². The maximum atomic E-state index is 10.9. The number of carbonyl (C=O) groups is 1. The summed E-state index contributed by atoms with van der Waals surface area (Å²) in [5, 5.41) is 17.0. The molecule has 1 aromatic heterocycles. The smallest absolute Gasteiger partial charge is 0.323 e. The van der Waals surface area contributed by atoms with Crippen molar-refractivity contribution in [3.05, 3.63) is 29.9 Å². The number of aromatic nitrogens is 2. The number of imidazole rings is 1. The van der Waals surface area contributed by atoms with Crippen molar-refractivity contribution in [3.8, 4) is 0 Å². The second-order valence-corrected chi connectivity index (χ2v) is 5.75. The standard InChI is InChI=1S/C12H14BrN3O2/c1-8(13)6-15-9-4-2-3-5-10(9)16(12(15)14)7-11(17)18/h2-5,8,14H,6-7H2,1H3,(H,17,18). The molecule has 2 rings (SSSR count). The summed E-state index contributed by atoms with van der Waals surface area (Å²) < 4.78 is 3.32. The van der Waals surface area contributed by atoms with E-state index in [1.807, 2.05) is 35.8 Å². The van der Waals surface area contributed by atoms with Crippen molar-refractivity contribution < 1.29 is 9.90 Å².